The molecule has 1 aliphatic rings. The normalized spacial score (nSPS) is 15.9. The van der Waals surface area contributed by atoms with E-state index < -0.39 is 0 Å². The van der Waals surface area contributed by atoms with Crippen molar-refractivity contribution in [2.45, 2.75) is 31.9 Å². The van der Waals surface area contributed by atoms with Crippen LogP contribution in [0, 0.1) is 0 Å². The quantitative estimate of drug-likeness (QED) is 0.626. The first kappa shape index (κ1) is 17.2. The predicted octanol–water partition coefficient (Wildman–Crippen LogP) is 2.91. The van der Waals surface area contributed by atoms with Crippen LogP contribution >= 0.6 is 0 Å². The first-order chi connectivity index (χ1) is 13.2. The third kappa shape index (κ3) is 3.67. The molecule has 0 aliphatic carbocycles. The van der Waals surface area contributed by atoms with E-state index in [9.17, 15) is 4.79 Å². The van der Waals surface area contributed by atoms with Crippen LogP contribution in [-0.2, 0) is 17.7 Å². The molecule has 3 aromatic rings. The van der Waals surface area contributed by atoms with Gasteiger partial charge in [0.1, 0.15) is 11.9 Å². The molecule has 0 saturated heterocycles. The summed E-state index contributed by atoms with van der Waals surface area (Å²) >= 11 is 0. The van der Waals surface area contributed by atoms with Gasteiger partial charge < -0.3 is 9.47 Å². The Bertz CT molecular complexity index is 939. The Morgan fingerprint density at radius 2 is 2.07 bits per heavy atom. The minimum Gasteiger partial charge on any atom is -0.497 e. The first-order valence-electron chi connectivity index (χ1n) is 8.94. The Morgan fingerprint density at radius 3 is 2.89 bits per heavy atom. The van der Waals surface area contributed by atoms with Crippen LogP contribution in [0.15, 0.2) is 48.5 Å². The van der Waals surface area contributed by atoms with E-state index in [2.05, 4.69) is 15.5 Å². The van der Waals surface area contributed by atoms with E-state index in [0.717, 1.165) is 29.8 Å². The second-order valence-corrected chi connectivity index (χ2v) is 6.49. The lowest BCUT2D eigenvalue weighted by Gasteiger charge is -2.25. The lowest BCUT2D eigenvalue weighted by Crippen LogP contribution is -2.28. The van der Waals surface area contributed by atoms with Crippen LogP contribution in [0.4, 0.5) is 0 Å². The maximum atomic E-state index is 12.3. The van der Waals surface area contributed by atoms with Gasteiger partial charge >= 0.3 is 5.97 Å². The summed E-state index contributed by atoms with van der Waals surface area (Å²) in [7, 11) is 1.58. The molecule has 7 heteroatoms. The molecular weight excluding hydrogens is 344 g/mol. The van der Waals surface area contributed by atoms with E-state index in [4.69, 9.17) is 9.47 Å². The smallest absolute Gasteiger partial charge is 0.338 e. The minimum absolute atomic E-state index is 0.130. The Kier molecular flexibility index (Phi) is 4.82. The average molecular weight is 364 g/mol. The van der Waals surface area contributed by atoms with Gasteiger partial charge in [-0.05, 0) is 41.0 Å². The first-order valence-corrected chi connectivity index (χ1v) is 8.94. The van der Waals surface area contributed by atoms with Gasteiger partial charge in [0.05, 0.1) is 12.7 Å². The van der Waals surface area contributed by atoms with Crippen molar-refractivity contribution in [1.29, 1.82) is 0 Å². The number of ether oxygens (including phenoxy) is 2. The van der Waals surface area contributed by atoms with Crippen molar-refractivity contribution in [3.05, 3.63) is 59.7 Å². The highest BCUT2D eigenvalue weighted by atomic mass is 16.5. The van der Waals surface area contributed by atoms with Gasteiger partial charge in [-0.2, -0.15) is 0 Å². The number of hydrogen-bond donors (Lipinski definition) is 0. The molecule has 0 saturated carbocycles. The zero-order chi connectivity index (χ0) is 18.6. The molecule has 1 aromatic heterocycles. The summed E-state index contributed by atoms with van der Waals surface area (Å²) in [6, 6.07) is 15.4. The van der Waals surface area contributed by atoms with Crippen molar-refractivity contribution in [3.8, 4) is 17.1 Å². The zero-order valence-corrected chi connectivity index (χ0v) is 15.0. The fourth-order valence-electron chi connectivity index (χ4n) is 3.33. The van der Waals surface area contributed by atoms with Crippen molar-refractivity contribution < 1.29 is 14.3 Å². The number of benzene rings is 2. The maximum Gasteiger partial charge on any atom is 0.338 e. The van der Waals surface area contributed by atoms with Gasteiger partial charge in [-0.1, -0.05) is 36.4 Å². The van der Waals surface area contributed by atoms with Gasteiger partial charge in [0, 0.05) is 18.5 Å². The maximum absolute atomic E-state index is 12.3. The second-order valence-electron chi connectivity index (χ2n) is 6.49. The number of tetrazole rings is 1. The summed E-state index contributed by atoms with van der Waals surface area (Å²) in [4.78, 5) is 12.3. The van der Waals surface area contributed by atoms with Gasteiger partial charge in [0.25, 0.3) is 0 Å². The predicted molar refractivity (Wildman–Crippen MR) is 98.4 cm³/mol. The number of aromatic nitrogens is 4. The van der Waals surface area contributed by atoms with Crippen molar-refractivity contribution in [3.63, 3.8) is 0 Å². The number of methoxy groups -OCH3 is 1. The Balaban J connectivity index is 1.38. The molecule has 0 N–H and O–H groups in total. The Labute approximate surface area is 156 Å². The number of carbonyl (C=O) groups excluding carboxylic acids is 1. The molecule has 0 bridgehead atoms. The minimum atomic E-state index is -0.285. The fraction of sp³-hybridized carbons (Fsp3) is 0.300. The standard InChI is InChI=1S/C20H20N4O3/c1-26-16-10-9-15-12-17(27-20(25)18(15)13-16)8-5-11-24-19(21-22-23-24)14-6-3-2-4-7-14/h2-4,6-7,9-10,13,17H,5,8,11-12H2,1H3. The second kappa shape index (κ2) is 7.57. The van der Waals surface area contributed by atoms with Gasteiger partial charge in [-0.3, -0.25) is 0 Å². The van der Waals surface area contributed by atoms with Gasteiger partial charge in [0.15, 0.2) is 5.82 Å². The van der Waals surface area contributed by atoms with Crippen molar-refractivity contribution in [2.75, 3.05) is 7.11 Å². The summed E-state index contributed by atoms with van der Waals surface area (Å²) in [5.74, 6) is 1.12. The van der Waals surface area contributed by atoms with Gasteiger partial charge in [-0.15, -0.1) is 5.10 Å². The monoisotopic (exact) mass is 364 g/mol. The third-order valence-electron chi connectivity index (χ3n) is 4.72. The number of cyclic esters (lactones) is 1. The molecule has 0 spiro atoms. The molecule has 1 atom stereocenters. The van der Waals surface area contributed by atoms with Crippen LogP contribution in [-0.4, -0.2) is 39.4 Å². The Morgan fingerprint density at radius 1 is 1.22 bits per heavy atom. The van der Waals surface area contributed by atoms with Crippen LogP contribution in [0.25, 0.3) is 11.4 Å². The molecule has 4 rings (SSSR count). The number of esters is 1. The van der Waals surface area contributed by atoms with Gasteiger partial charge in [0.2, 0.25) is 0 Å². The molecule has 0 amide bonds. The molecule has 2 aromatic carbocycles. The van der Waals surface area contributed by atoms with Gasteiger partial charge in [-0.25, -0.2) is 9.48 Å². The van der Waals surface area contributed by atoms with Crippen LogP contribution in [0.2, 0.25) is 0 Å². The number of aryl methyl sites for hydroxylation is 1. The van der Waals surface area contributed by atoms with Crippen molar-refractivity contribution in [1.82, 2.24) is 20.2 Å². The molecule has 27 heavy (non-hydrogen) atoms. The lowest BCUT2D eigenvalue weighted by atomic mass is 9.96. The highest BCUT2D eigenvalue weighted by Crippen LogP contribution is 2.27. The fourth-order valence-corrected chi connectivity index (χ4v) is 3.33. The molecule has 7 nitrogen and oxygen atoms in total. The van der Waals surface area contributed by atoms with Crippen LogP contribution in [0.1, 0.15) is 28.8 Å². The van der Waals surface area contributed by atoms with E-state index in [1.807, 2.05) is 42.5 Å². The summed E-state index contributed by atoms with van der Waals surface area (Å²) in [5.41, 5.74) is 2.58. The van der Waals surface area contributed by atoms with Crippen LogP contribution in [0.3, 0.4) is 0 Å². The topological polar surface area (TPSA) is 79.1 Å². The van der Waals surface area contributed by atoms with Crippen LogP contribution in [0.5, 0.6) is 5.75 Å². The zero-order valence-electron chi connectivity index (χ0n) is 15.0. The lowest BCUT2D eigenvalue weighted by molar-refractivity contribution is 0.0229. The highest BCUT2D eigenvalue weighted by Gasteiger charge is 2.26. The molecular formula is C20H20N4O3. The number of fused-ring (bicyclic) bond motifs is 1. The summed E-state index contributed by atoms with van der Waals surface area (Å²) < 4.78 is 12.6. The number of hydrogen-bond acceptors (Lipinski definition) is 6. The molecule has 138 valence electrons. The van der Waals surface area contributed by atoms with E-state index in [-0.39, 0.29) is 12.1 Å². The third-order valence-corrected chi connectivity index (χ3v) is 4.72. The molecule has 0 radical (unpaired) electrons. The van der Waals surface area contributed by atoms with E-state index in [0.29, 0.717) is 24.3 Å². The molecule has 0 fully saturated rings. The summed E-state index contributed by atoms with van der Waals surface area (Å²) in [5, 5.41) is 12.0. The summed E-state index contributed by atoms with van der Waals surface area (Å²) in [6.45, 7) is 0.667. The largest absolute Gasteiger partial charge is 0.497 e. The SMILES string of the molecule is COc1ccc2c(c1)C(=O)OC(CCCn1nnnc1-c1ccccc1)C2. The highest BCUT2D eigenvalue weighted by molar-refractivity contribution is 5.92. The number of carbonyl (C=O) groups is 1. The number of nitrogens with zero attached hydrogens (tertiary/aromatic N) is 4. The average Bonchev–Trinajstić information content (AvgIpc) is 3.17. The van der Waals surface area contributed by atoms with Crippen molar-refractivity contribution >= 4 is 5.97 Å². The molecule has 1 unspecified atom stereocenters. The van der Waals surface area contributed by atoms with E-state index in [1.165, 1.54) is 0 Å². The molecule has 2 heterocycles. The van der Waals surface area contributed by atoms with E-state index in [1.54, 1.807) is 17.9 Å². The summed E-state index contributed by atoms with van der Waals surface area (Å²) in [6.07, 6.45) is 2.15. The van der Waals surface area contributed by atoms with Crippen molar-refractivity contribution in [2.24, 2.45) is 0 Å². The Hall–Kier alpha value is -3.22. The number of rotatable bonds is 6. The van der Waals surface area contributed by atoms with Crippen LogP contribution < -0.4 is 4.74 Å². The van der Waals surface area contributed by atoms with E-state index >= 15 is 0 Å². The molecule has 1 aliphatic heterocycles.